The van der Waals surface area contributed by atoms with Gasteiger partial charge in [0.1, 0.15) is 5.82 Å². The van der Waals surface area contributed by atoms with Crippen molar-refractivity contribution in [3.05, 3.63) is 47.7 Å². The molecule has 21 heavy (non-hydrogen) atoms. The second-order valence-corrected chi connectivity index (χ2v) is 6.32. The van der Waals surface area contributed by atoms with Crippen LogP contribution in [0.2, 0.25) is 0 Å². The number of anilines is 2. The number of nitrogens with zero attached hydrogens (tertiary/aromatic N) is 1. The van der Waals surface area contributed by atoms with Crippen molar-refractivity contribution < 1.29 is 8.42 Å². The minimum absolute atomic E-state index is 0.115. The van der Waals surface area contributed by atoms with Gasteiger partial charge in [0.05, 0.1) is 10.6 Å². The Hall–Kier alpha value is -2.12. The Morgan fingerprint density at radius 2 is 1.86 bits per heavy atom. The average Bonchev–Trinajstić information content (AvgIpc) is 2.43. The van der Waals surface area contributed by atoms with Crippen LogP contribution in [-0.4, -0.2) is 19.9 Å². The zero-order valence-electron chi connectivity index (χ0n) is 11.7. The number of sulfonamides is 1. The van der Waals surface area contributed by atoms with Gasteiger partial charge in [0, 0.05) is 12.7 Å². The lowest BCUT2D eigenvalue weighted by atomic mass is 10.1. The number of nitrogen functional groups attached to an aromatic ring is 1. The monoisotopic (exact) mass is 306 g/mol. The highest BCUT2D eigenvalue weighted by Crippen LogP contribution is 2.18. The van der Waals surface area contributed by atoms with Crippen LogP contribution in [0.4, 0.5) is 11.5 Å². The topological polar surface area (TPSA) is 111 Å². The quantitative estimate of drug-likeness (QED) is 0.770. The van der Waals surface area contributed by atoms with Gasteiger partial charge in [-0.3, -0.25) is 0 Å². The fourth-order valence-electron chi connectivity index (χ4n) is 1.88. The third-order valence-electron chi connectivity index (χ3n) is 3.17. The van der Waals surface area contributed by atoms with Crippen molar-refractivity contribution in [1.82, 2.24) is 4.98 Å². The second kappa shape index (κ2) is 6.11. The number of hydrogen-bond acceptors (Lipinski definition) is 5. The molecule has 0 atom stereocenters. The first-order valence-corrected chi connectivity index (χ1v) is 7.99. The predicted molar refractivity (Wildman–Crippen MR) is 83.4 cm³/mol. The molecule has 7 heteroatoms. The number of nitrogens with one attached hydrogen (secondary N) is 1. The maximum atomic E-state index is 11.2. The average molecular weight is 306 g/mol. The smallest absolute Gasteiger partial charge is 0.238 e. The van der Waals surface area contributed by atoms with Crippen molar-refractivity contribution in [1.29, 1.82) is 0 Å². The van der Waals surface area contributed by atoms with E-state index < -0.39 is 10.0 Å². The predicted octanol–water partition coefficient (Wildman–Crippen LogP) is 1.27. The van der Waals surface area contributed by atoms with E-state index in [1.165, 1.54) is 12.1 Å². The summed E-state index contributed by atoms with van der Waals surface area (Å²) in [4.78, 5) is 4.30. The van der Waals surface area contributed by atoms with Crippen LogP contribution < -0.4 is 16.2 Å². The lowest BCUT2D eigenvalue weighted by Crippen LogP contribution is -2.12. The number of benzene rings is 1. The summed E-state index contributed by atoms with van der Waals surface area (Å²) in [6, 6.07) is 8.35. The Morgan fingerprint density at radius 1 is 1.19 bits per heavy atom. The SMILES string of the molecule is Cc1ccnc(NCCc2ccc(S(N)(=O)=O)cc2)c1N. The Morgan fingerprint density at radius 3 is 2.48 bits per heavy atom. The van der Waals surface area contributed by atoms with Crippen LogP contribution in [0.5, 0.6) is 0 Å². The number of rotatable bonds is 5. The first-order chi connectivity index (χ1) is 9.88. The number of aryl methyl sites for hydroxylation is 1. The maximum Gasteiger partial charge on any atom is 0.238 e. The van der Waals surface area contributed by atoms with Crippen LogP contribution in [0.3, 0.4) is 0 Å². The zero-order chi connectivity index (χ0) is 15.5. The van der Waals surface area contributed by atoms with Crippen LogP contribution in [0.25, 0.3) is 0 Å². The van der Waals surface area contributed by atoms with E-state index in [0.29, 0.717) is 18.1 Å². The molecule has 0 spiro atoms. The Labute approximate surface area is 124 Å². The van der Waals surface area contributed by atoms with Crippen molar-refractivity contribution in [3.63, 3.8) is 0 Å². The van der Waals surface area contributed by atoms with E-state index in [0.717, 1.165) is 17.5 Å². The summed E-state index contributed by atoms with van der Waals surface area (Å²) in [5, 5.41) is 8.22. The van der Waals surface area contributed by atoms with E-state index in [1.807, 2.05) is 13.0 Å². The van der Waals surface area contributed by atoms with Crippen molar-refractivity contribution in [2.45, 2.75) is 18.2 Å². The number of aromatic nitrogens is 1. The Bertz CT molecular complexity index is 727. The molecular weight excluding hydrogens is 288 g/mol. The summed E-state index contributed by atoms with van der Waals surface area (Å²) < 4.78 is 22.3. The van der Waals surface area contributed by atoms with Gasteiger partial charge >= 0.3 is 0 Å². The summed E-state index contributed by atoms with van der Waals surface area (Å²) in [5.41, 5.74) is 8.54. The van der Waals surface area contributed by atoms with E-state index in [4.69, 9.17) is 10.9 Å². The van der Waals surface area contributed by atoms with E-state index >= 15 is 0 Å². The molecular formula is C14H18N4O2S. The van der Waals surface area contributed by atoms with Gasteiger partial charge in [0.25, 0.3) is 0 Å². The molecule has 0 saturated carbocycles. The molecule has 1 aromatic carbocycles. The summed E-state index contributed by atoms with van der Waals surface area (Å²) in [5.74, 6) is 0.663. The molecule has 0 aliphatic carbocycles. The van der Waals surface area contributed by atoms with Gasteiger partial charge in [-0.2, -0.15) is 0 Å². The van der Waals surface area contributed by atoms with Crippen LogP contribution >= 0.6 is 0 Å². The number of nitrogens with two attached hydrogens (primary N) is 2. The number of hydrogen-bond donors (Lipinski definition) is 3. The molecule has 112 valence electrons. The molecule has 0 amide bonds. The Balaban J connectivity index is 1.96. The van der Waals surface area contributed by atoms with Gasteiger partial charge in [0.2, 0.25) is 10.0 Å². The van der Waals surface area contributed by atoms with Crippen LogP contribution in [-0.2, 0) is 16.4 Å². The summed E-state index contributed by atoms with van der Waals surface area (Å²) in [6.45, 7) is 2.57. The van der Waals surface area contributed by atoms with E-state index in [-0.39, 0.29) is 4.90 Å². The van der Waals surface area contributed by atoms with Gasteiger partial charge in [-0.05, 0) is 42.7 Å². The van der Waals surface area contributed by atoms with Crippen molar-refractivity contribution in [2.75, 3.05) is 17.6 Å². The molecule has 0 unspecified atom stereocenters. The number of pyridine rings is 1. The lowest BCUT2D eigenvalue weighted by molar-refractivity contribution is 0.598. The summed E-state index contributed by atoms with van der Waals surface area (Å²) >= 11 is 0. The standard InChI is InChI=1S/C14H18N4O2S/c1-10-6-8-17-14(13(10)15)18-9-7-11-2-4-12(5-3-11)21(16,19)20/h2-6,8H,7,9,15H2,1H3,(H,17,18)(H2,16,19,20). The molecule has 1 heterocycles. The van der Waals surface area contributed by atoms with Crippen LogP contribution in [0.15, 0.2) is 41.4 Å². The van der Waals surface area contributed by atoms with Gasteiger partial charge in [-0.15, -0.1) is 0 Å². The fraction of sp³-hybridized carbons (Fsp3) is 0.214. The third-order valence-corrected chi connectivity index (χ3v) is 4.10. The minimum Gasteiger partial charge on any atom is -0.396 e. The maximum absolute atomic E-state index is 11.2. The summed E-state index contributed by atoms with van der Waals surface area (Å²) in [7, 11) is -3.64. The van der Waals surface area contributed by atoms with Gasteiger partial charge in [-0.1, -0.05) is 12.1 Å². The van der Waals surface area contributed by atoms with Gasteiger partial charge in [-0.25, -0.2) is 18.5 Å². The molecule has 0 radical (unpaired) electrons. The van der Waals surface area contributed by atoms with E-state index in [2.05, 4.69) is 10.3 Å². The Kier molecular flexibility index (Phi) is 4.44. The van der Waals surface area contributed by atoms with Crippen molar-refractivity contribution in [3.8, 4) is 0 Å². The highest BCUT2D eigenvalue weighted by Gasteiger charge is 2.07. The van der Waals surface area contributed by atoms with Crippen molar-refractivity contribution in [2.24, 2.45) is 5.14 Å². The fourth-order valence-corrected chi connectivity index (χ4v) is 2.40. The lowest BCUT2D eigenvalue weighted by Gasteiger charge is -2.10. The zero-order valence-corrected chi connectivity index (χ0v) is 12.5. The summed E-state index contributed by atoms with van der Waals surface area (Å²) in [6.07, 6.45) is 2.43. The van der Waals surface area contributed by atoms with Gasteiger partial charge in [0.15, 0.2) is 0 Å². The molecule has 2 rings (SSSR count). The molecule has 1 aromatic heterocycles. The highest BCUT2D eigenvalue weighted by atomic mass is 32.2. The molecule has 0 aliphatic rings. The molecule has 0 saturated heterocycles. The van der Waals surface area contributed by atoms with Crippen LogP contribution in [0.1, 0.15) is 11.1 Å². The first kappa shape index (κ1) is 15.3. The molecule has 6 nitrogen and oxygen atoms in total. The third kappa shape index (κ3) is 3.93. The van der Waals surface area contributed by atoms with E-state index in [1.54, 1.807) is 18.3 Å². The molecule has 2 aromatic rings. The second-order valence-electron chi connectivity index (χ2n) is 4.76. The van der Waals surface area contributed by atoms with Gasteiger partial charge < -0.3 is 11.1 Å². The van der Waals surface area contributed by atoms with Crippen molar-refractivity contribution >= 4 is 21.5 Å². The van der Waals surface area contributed by atoms with Crippen LogP contribution in [0, 0.1) is 6.92 Å². The largest absolute Gasteiger partial charge is 0.396 e. The minimum atomic E-state index is -3.64. The highest BCUT2D eigenvalue weighted by molar-refractivity contribution is 7.89. The molecule has 0 fully saturated rings. The number of primary sulfonamides is 1. The van der Waals surface area contributed by atoms with E-state index in [9.17, 15) is 8.42 Å². The molecule has 0 bridgehead atoms. The molecule has 5 N–H and O–H groups in total. The normalized spacial score (nSPS) is 11.3. The first-order valence-electron chi connectivity index (χ1n) is 6.44. The molecule has 0 aliphatic heterocycles.